The van der Waals surface area contributed by atoms with Gasteiger partial charge in [0.15, 0.2) is 0 Å². The van der Waals surface area contributed by atoms with Crippen LogP contribution in [0, 0.1) is 0 Å². The van der Waals surface area contributed by atoms with Crippen molar-refractivity contribution in [2.24, 2.45) is 0 Å². The van der Waals surface area contributed by atoms with E-state index in [9.17, 15) is 0 Å². The second-order valence-electron chi connectivity index (χ2n) is 8.62. The Hall–Kier alpha value is -0.750. The molecule has 0 amide bonds. The van der Waals surface area contributed by atoms with E-state index >= 15 is 0 Å². The molecule has 0 radical (unpaired) electrons. The summed E-state index contributed by atoms with van der Waals surface area (Å²) >= 11 is 6.20. The molecule has 0 saturated heterocycles. The van der Waals surface area contributed by atoms with E-state index in [4.69, 9.17) is 11.6 Å². The van der Waals surface area contributed by atoms with E-state index in [0.29, 0.717) is 0 Å². The van der Waals surface area contributed by atoms with Crippen molar-refractivity contribution in [3.8, 4) is 0 Å². The molecule has 0 aliphatic heterocycles. The Morgan fingerprint density at radius 3 is 1.03 bits per heavy atom. The third-order valence-corrected chi connectivity index (χ3v) is 6.36. The second kappa shape index (κ2) is 16.0. The van der Waals surface area contributed by atoms with Gasteiger partial charge in [0.05, 0.1) is 0 Å². The Morgan fingerprint density at radius 2 is 0.759 bits per heavy atom. The van der Waals surface area contributed by atoms with Crippen LogP contribution in [0.15, 0.2) is 5.54 Å². The molecular formula is C28H47Cl. The molecule has 0 spiro atoms. The van der Waals surface area contributed by atoms with Gasteiger partial charge in [0.1, 0.15) is 0 Å². The van der Waals surface area contributed by atoms with Crippen LogP contribution in [-0.4, -0.2) is 0 Å². The molecule has 1 rings (SSSR count). The Bertz CT molecular complexity index is 556. The lowest BCUT2D eigenvalue weighted by molar-refractivity contribution is 0.703. The van der Waals surface area contributed by atoms with Crippen molar-refractivity contribution in [2.75, 3.05) is 0 Å². The molecule has 0 nitrogen and oxygen atoms in total. The predicted octanol–water partition coefficient (Wildman–Crippen LogP) is 9.61. The zero-order valence-corrected chi connectivity index (χ0v) is 20.9. The highest BCUT2D eigenvalue weighted by Crippen LogP contribution is 2.35. The van der Waals surface area contributed by atoms with E-state index in [1.165, 1.54) is 102 Å². The highest BCUT2D eigenvalue weighted by atomic mass is 35.5. The first-order valence-electron chi connectivity index (χ1n) is 12.6. The summed E-state index contributed by atoms with van der Waals surface area (Å²) in [5.74, 6) is 0. The molecule has 1 heteroatoms. The Balaban J connectivity index is 3.78. The quantitative estimate of drug-likeness (QED) is 0.250. The second-order valence-corrected chi connectivity index (χ2v) is 8.87. The average molecular weight is 419 g/mol. The maximum absolute atomic E-state index is 6.20. The molecular weight excluding hydrogens is 372 g/mol. The van der Waals surface area contributed by atoms with Crippen LogP contribution in [0.1, 0.15) is 132 Å². The molecule has 0 N–H and O–H groups in total. The maximum atomic E-state index is 6.20. The number of hydrogen-bond acceptors (Lipinski definition) is 0. The van der Waals surface area contributed by atoms with Crippen molar-refractivity contribution in [3.63, 3.8) is 0 Å². The smallest absolute Gasteiger partial charge is 0.00486 e. The average Bonchev–Trinajstić information content (AvgIpc) is 2.73. The van der Waals surface area contributed by atoms with Gasteiger partial charge in [-0.25, -0.2) is 0 Å². The predicted molar refractivity (Wildman–Crippen MR) is 134 cm³/mol. The summed E-state index contributed by atoms with van der Waals surface area (Å²) in [6, 6.07) is 0. The first kappa shape index (κ1) is 26.3. The summed E-state index contributed by atoms with van der Waals surface area (Å²) in [7, 11) is 0. The van der Waals surface area contributed by atoms with Crippen molar-refractivity contribution in [1.82, 2.24) is 0 Å². The van der Waals surface area contributed by atoms with Gasteiger partial charge in [0, 0.05) is 5.54 Å². The standard InChI is InChI=1S/C28H47Cl/c1-6-11-16-23-24(17-12-7-2)26(19-14-9-4)28(21-22-29)27(20-15-10-5)25(23)18-13-8-3/h21-22H,6-20H2,1-5H3. The molecule has 29 heavy (non-hydrogen) atoms. The number of halogens is 1. The maximum Gasteiger partial charge on any atom is 0.00486 e. The summed E-state index contributed by atoms with van der Waals surface area (Å²) in [5, 5.41) is 0. The van der Waals surface area contributed by atoms with E-state index in [-0.39, 0.29) is 0 Å². The third kappa shape index (κ3) is 8.12. The number of benzene rings is 1. The molecule has 0 atom stereocenters. The highest BCUT2D eigenvalue weighted by molar-refractivity contribution is 6.27. The Kier molecular flexibility index (Phi) is 14.5. The van der Waals surface area contributed by atoms with E-state index in [2.05, 4.69) is 40.7 Å². The topological polar surface area (TPSA) is 0 Å². The van der Waals surface area contributed by atoms with Gasteiger partial charge < -0.3 is 0 Å². The lowest BCUT2D eigenvalue weighted by atomic mass is 9.78. The van der Waals surface area contributed by atoms with Crippen LogP contribution in [0.2, 0.25) is 0 Å². The van der Waals surface area contributed by atoms with Crippen LogP contribution >= 0.6 is 11.6 Å². The Morgan fingerprint density at radius 1 is 0.483 bits per heavy atom. The van der Waals surface area contributed by atoms with Crippen LogP contribution in [-0.2, 0) is 32.1 Å². The molecule has 0 heterocycles. The van der Waals surface area contributed by atoms with Crippen molar-refractivity contribution in [3.05, 3.63) is 38.9 Å². The fraction of sp³-hybridized carbons (Fsp3) is 0.714. The van der Waals surface area contributed by atoms with Gasteiger partial charge in [-0.15, -0.1) is 0 Å². The van der Waals surface area contributed by atoms with Crippen molar-refractivity contribution in [1.29, 1.82) is 0 Å². The van der Waals surface area contributed by atoms with Crippen molar-refractivity contribution >= 4 is 17.7 Å². The molecule has 166 valence electrons. The Labute approximate surface area is 187 Å². The minimum Gasteiger partial charge on any atom is -0.0929 e. The number of hydrogen-bond donors (Lipinski definition) is 0. The lowest BCUT2D eigenvalue weighted by Crippen LogP contribution is -2.13. The van der Waals surface area contributed by atoms with Crippen LogP contribution < -0.4 is 0 Å². The fourth-order valence-electron chi connectivity index (χ4n) is 4.56. The first-order chi connectivity index (χ1) is 14.2. The zero-order chi connectivity index (χ0) is 21.5. The molecule has 0 aliphatic rings. The van der Waals surface area contributed by atoms with Gasteiger partial charge >= 0.3 is 0 Å². The lowest BCUT2D eigenvalue weighted by Gasteiger charge is -2.26. The molecule has 1 aromatic carbocycles. The highest BCUT2D eigenvalue weighted by Gasteiger charge is 2.21. The molecule has 0 aromatic heterocycles. The molecule has 0 unspecified atom stereocenters. The zero-order valence-electron chi connectivity index (χ0n) is 20.1. The SMILES string of the molecule is CCCCc1c(C=CCl)c(CCCC)c(CCCC)c(CCCC)c1CCCC. The van der Waals surface area contributed by atoms with E-state index < -0.39 is 0 Å². The van der Waals surface area contributed by atoms with Crippen molar-refractivity contribution in [2.45, 2.75) is 131 Å². The van der Waals surface area contributed by atoms with Crippen LogP contribution in [0.25, 0.3) is 6.08 Å². The summed E-state index contributed by atoms with van der Waals surface area (Å²) in [4.78, 5) is 0. The van der Waals surface area contributed by atoms with Crippen LogP contribution in [0.4, 0.5) is 0 Å². The monoisotopic (exact) mass is 418 g/mol. The van der Waals surface area contributed by atoms with Gasteiger partial charge in [-0.3, -0.25) is 0 Å². The first-order valence-corrected chi connectivity index (χ1v) is 13.1. The van der Waals surface area contributed by atoms with Gasteiger partial charge in [-0.2, -0.15) is 0 Å². The fourth-order valence-corrected chi connectivity index (χ4v) is 4.69. The minimum atomic E-state index is 1.21. The summed E-state index contributed by atoms with van der Waals surface area (Å²) in [6.07, 6.45) is 21.2. The third-order valence-electron chi connectivity index (χ3n) is 6.24. The summed E-state index contributed by atoms with van der Waals surface area (Å²) in [6.45, 7) is 11.6. The molecule has 0 fully saturated rings. The molecule has 0 aliphatic carbocycles. The van der Waals surface area contributed by atoms with E-state index in [1.54, 1.807) is 33.4 Å². The summed E-state index contributed by atoms with van der Waals surface area (Å²) in [5.41, 5.74) is 11.6. The van der Waals surface area contributed by atoms with Gasteiger partial charge in [-0.1, -0.05) is 78.3 Å². The molecule has 0 saturated carbocycles. The number of unbranched alkanes of at least 4 members (excludes halogenated alkanes) is 5. The van der Waals surface area contributed by atoms with Gasteiger partial charge in [-0.05, 0) is 104 Å². The minimum absolute atomic E-state index is 1.21. The molecule has 0 bridgehead atoms. The van der Waals surface area contributed by atoms with Crippen LogP contribution in [0.5, 0.6) is 0 Å². The van der Waals surface area contributed by atoms with E-state index in [0.717, 1.165) is 0 Å². The summed E-state index contributed by atoms with van der Waals surface area (Å²) < 4.78 is 0. The van der Waals surface area contributed by atoms with Crippen molar-refractivity contribution < 1.29 is 0 Å². The van der Waals surface area contributed by atoms with E-state index in [1.807, 2.05) is 0 Å². The number of rotatable bonds is 16. The normalized spacial score (nSPS) is 11.7. The van der Waals surface area contributed by atoms with Crippen LogP contribution in [0.3, 0.4) is 0 Å². The van der Waals surface area contributed by atoms with Gasteiger partial charge in [0.25, 0.3) is 0 Å². The largest absolute Gasteiger partial charge is 0.0929 e. The van der Waals surface area contributed by atoms with Gasteiger partial charge in [0.2, 0.25) is 0 Å². The molecule has 1 aromatic rings.